The fraction of sp³-hybridized carbons (Fsp3) is 0.176. The third-order valence-corrected chi connectivity index (χ3v) is 3.91. The lowest BCUT2D eigenvalue weighted by Crippen LogP contribution is -2.36. The zero-order chi connectivity index (χ0) is 19.3. The average Bonchev–Trinajstić information content (AvgIpc) is 2.72. The van der Waals surface area contributed by atoms with Crippen LogP contribution in [0.4, 0.5) is 27.6 Å². The number of ether oxygens (including phenoxy) is 1. The van der Waals surface area contributed by atoms with Gasteiger partial charge in [-0.3, -0.25) is 0 Å². The number of hydrogen-bond donors (Lipinski definition) is 1. The highest BCUT2D eigenvalue weighted by molar-refractivity contribution is 5.59. The van der Waals surface area contributed by atoms with E-state index in [2.05, 4.69) is 4.85 Å². The van der Waals surface area contributed by atoms with Gasteiger partial charge in [0.05, 0.1) is 6.57 Å². The van der Waals surface area contributed by atoms with Crippen LogP contribution in [0.5, 0.6) is 11.5 Å². The Morgan fingerprint density at radius 1 is 1.19 bits per heavy atom. The molecule has 2 aromatic rings. The summed E-state index contributed by atoms with van der Waals surface area (Å²) in [6, 6.07) is 5.82. The highest BCUT2D eigenvalue weighted by atomic mass is 19.3. The first-order valence-electron chi connectivity index (χ1n) is 7.00. The second kappa shape index (κ2) is 5.68. The maximum atomic E-state index is 13.8. The van der Waals surface area contributed by atoms with Gasteiger partial charge in [0.1, 0.15) is 28.9 Å². The number of aliphatic hydroxyl groups excluding tert-OH is 1. The lowest BCUT2D eigenvalue weighted by molar-refractivity contribution is -0.246. The SMILES string of the molecule is [C-]#[N+]c1cc(F)cc(Oc2ccc3c(c2C#N)[C@H](O)C(F)(F)C3(F)F)c1. The topological polar surface area (TPSA) is 57.6 Å². The smallest absolute Gasteiger partial charge is 0.343 e. The van der Waals surface area contributed by atoms with E-state index in [1.54, 1.807) is 0 Å². The number of fused-ring (bicyclic) bond motifs is 1. The van der Waals surface area contributed by atoms with Crippen LogP contribution in [-0.2, 0) is 5.92 Å². The van der Waals surface area contributed by atoms with E-state index < -0.39 is 46.2 Å². The molecule has 26 heavy (non-hydrogen) atoms. The molecular weight excluding hydrogens is 359 g/mol. The monoisotopic (exact) mass is 366 g/mol. The molecule has 0 fully saturated rings. The summed E-state index contributed by atoms with van der Waals surface area (Å²) in [5.41, 5.74) is -2.97. The summed E-state index contributed by atoms with van der Waals surface area (Å²) in [4.78, 5) is 3.01. The molecule has 0 radical (unpaired) electrons. The third-order valence-electron chi connectivity index (χ3n) is 3.91. The van der Waals surface area contributed by atoms with Gasteiger partial charge in [-0.05, 0) is 24.3 Å². The van der Waals surface area contributed by atoms with E-state index in [0.29, 0.717) is 6.07 Å². The molecule has 0 spiro atoms. The van der Waals surface area contributed by atoms with Crippen LogP contribution in [0.25, 0.3) is 4.85 Å². The first kappa shape index (κ1) is 17.6. The Hall–Kier alpha value is -3.17. The molecule has 0 unspecified atom stereocenters. The van der Waals surface area contributed by atoms with Gasteiger partial charge >= 0.3 is 11.8 Å². The molecule has 1 atom stereocenters. The highest BCUT2D eigenvalue weighted by Crippen LogP contribution is 2.59. The summed E-state index contributed by atoms with van der Waals surface area (Å²) in [6.07, 6.45) is -2.91. The van der Waals surface area contributed by atoms with Crippen molar-refractivity contribution in [1.29, 1.82) is 5.26 Å². The van der Waals surface area contributed by atoms with E-state index in [1.165, 1.54) is 6.07 Å². The van der Waals surface area contributed by atoms with Gasteiger partial charge in [0.25, 0.3) is 0 Å². The van der Waals surface area contributed by atoms with Crippen LogP contribution in [0, 0.1) is 23.7 Å². The quantitative estimate of drug-likeness (QED) is 0.613. The third kappa shape index (κ3) is 2.37. The summed E-state index contributed by atoms with van der Waals surface area (Å²) >= 11 is 0. The molecule has 0 saturated heterocycles. The van der Waals surface area contributed by atoms with Crippen molar-refractivity contribution in [1.82, 2.24) is 0 Å². The Kier molecular flexibility index (Phi) is 3.86. The molecular formula is C17H7F5N2O2. The zero-order valence-corrected chi connectivity index (χ0v) is 12.6. The number of benzene rings is 2. The Labute approximate surface area is 143 Å². The lowest BCUT2D eigenvalue weighted by Gasteiger charge is -2.20. The maximum absolute atomic E-state index is 13.8. The van der Waals surface area contributed by atoms with Crippen LogP contribution in [0.1, 0.15) is 22.8 Å². The predicted octanol–water partition coefficient (Wildman–Crippen LogP) is 4.81. The molecule has 0 aromatic heterocycles. The van der Waals surface area contributed by atoms with Gasteiger partial charge < -0.3 is 9.84 Å². The standard InChI is InChI=1S/C17H7F5N2O2/c1-24-9-4-8(18)5-10(6-9)26-13-3-2-12-14(11(13)7-23)15(25)17(21,22)16(12,19)20/h2-6,15,25H/t15-/m0/s1. The molecule has 0 amide bonds. The molecule has 1 N–H and O–H groups in total. The van der Waals surface area contributed by atoms with Gasteiger partial charge in [0, 0.05) is 17.2 Å². The Morgan fingerprint density at radius 3 is 2.50 bits per heavy atom. The van der Waals surface area contributed by atoms with Crippen molar-refractivity contribution in [3.63, 3.8) is 0 Å². The minimum atomic E-state index is -4.80. The minimum Gasteiger partial charge on any atom is -0.457 e. The van der Waals surface area contributed by atoms with E-state index in [4.69, 9.17) is 11.3 Å². The second-order valence-corrected chi connectivity index (χ2v) is 5.47. The van der Waals surface area contributed by atoms with Crippen LogP contribution < -0.4 is 4.74 Å². The first-order valence-corrected chi connectivity index (χ1v) is 7.00. The lowest BCUT2D eigenvalue weighted by atomic mass is 10.0. The number of aliphatic hydroxyl groups is 1. The van der Waals surface area contributed by atoms with E-state index in [1.807, 2.05) is 0 Å². The fourth-order valence-corrected chi connectivity index (χ4v) is 2.69. The summed E-state index contributed by atoms with van der Waals surface area (Å²) in [6.45, 7) is 6.86. The number of nitrogens with zero attached hydrogens (tertiary/aromatic N) is 2. The van der Waals surface area contributed by atoms with Crippen molar-refractivity contribution < 1.29 is 31.8 Å². The maximum Gasteiger partial charge on any atom is 0.343 e. The van der Waals surface area contributed by atoms with Crippen molar-refractivity contribution in [3.05, 3.63) is 64.3 Å². The normalized spacial score (nSPS) is 19.3. The van der Waals surface area contributed by atoms with Gasteiger partial charge in [-0.15, -0.1) is 0 Å². The Bertz CT molecular complexity index is 992. The zero-order valence-electron chi connectivity index (χ0n) is 12.6. The van der Waals surface area contributed by atoms with Gasteiger partial charge in [0.2, 0.25) is 0 Å². The summed E-state index contributed by atoms with van der Waals surface area (Å²) in [5.74, 6) is -11.0. The first-order chi connectivity index (χ1) is 12.1. The molecule has 132 valence electrons. The number of halogens is 5. The summed E-state index contributed by atoms with van der Waals surface area (Å²) < 4.78 is 73.8. The largest absolute Gasteiger partial charge is 0.457 e. The fourth-order valence-electron chi connectivity index (χ4n) is 2.69. The van der Waals surface area contributed by atoms with E-state index in [9.17, 15) is 32.3 Å². The van der Waals surface area contributed by atoms with Crippen molar-refractivity contribution in [2.75, 3.05) is 0 Å². The molecule has 1 aliphatic carbocycles. The molecule has 2 aromatic carbocycles. The number of alkyl halides is 4. The van der Waals surface area contributed by atoms with Crippen LogP contribution in [0.15, 0.2) is 30.3 Å². The minimum absolute atomic E-state index is 0.127. The Morgan fingerprint density at radius 2 is 1.88 bits per heavy atom. The van der Waals surface area contributed by atoms with Crippen LogP contribution in [0.2, 0.25) is 0 Å². The van der Waals surface area contributed by atoms with Crippen molar-refractivity contribution in [3.8, 4) is 17.6 Å². The second-order valence-electron chi connectivity index (χ2n) is 5.47. The molecule has 3 rings (SSSR count). The number of hydrogen-bond acceptors (Lipinski definition) is 3. The summed E-state index contributed by atoms with van der Waals surface area (Å²) in [5, 5.41) is 18.9. The van der Waals surface area contributed by atoms with E-state index in [0.717, 1.165) is 24.3 Å². The van der Waals surface area contributed by atoms with Gasteiger partial charge in [-0.1, -0.05) is 0 Å². The molecule has 0 bridgehead atoms. The Balaban J connectivity index is 2.14. The molecule has 1 aliphatic rings. The predicted molar refractivity (Wildman–Crippen MR) is 77.7 cm³/mol. The molecule has 0 aliphatic heterocycles. The molecule has 0 saturated carbocycles. The van der Waals surface area contributed by atoms with Crippen LogP contribution in [-0.4, -0.2) is 11.0 Å². The molecule has 0 heterocycles. The van der Waals surface area contributed by atoms with Gasteiger partial charge in [0.15, 0.2) is 11.8 Å². The van der Waals surface area contributed by atoms with Crippen LogP contribution in [0.3, 0.4) is 0 Å². The van der Waals surface area contributed by atoms with Crippen LogP contribution >= 0.6 is 0 Å². The number of rotatable bonds is 2. The average molecular weight is 366 g/mol. The van der Waals surface area contributed by atoms with E-state index >= 15 is 0 Å². The van der Waals surface area contributed by atoms with Gasteiger partial charge in [-0.25, -0.2) is 9.24 Å². The molecule has 9 heteroatoms. The van der Waals surface area contributed by atoms with Crippen molar-refractivity contribution >= 4 is 5.69 Å². The highest BCUT2D eigenvalue weighted by Gasteiger charge is 2.69. The van der Waals surface area contributed by atoms with Crippen molar-refractivity contribution in [2.24, 2.45) is 0 Å². The molecule has 4 nitrogen and oxygen atoms in total. The van der Waals surface area contributed by atoms with E-state index in [-0.39, 0.29) is 11.4 Å². The summed E-state index contributed by atoms with van der Waals surface area (Å²) in [7, 11) is 0. The van der Waals surface area contributed by atoms with Gasteiger partial charge in [-0.2, -0.15) is 22.8 Å². The number of nitriles is 1. The van der Waals surface area contributed by atoms with Crippen molar-refractivity contribution in [2.45, 2.75) is 17.9 Å².